The summed E-state index contributed by atoms with van der Waals surface area (Å²) in [6.07, 6.45) is 0. The van der Waals surface area contributed by atoms with E-state index in [1.165, 1.54) is 24.3 Å². The summed E-state index contributed by atoms with van der Waals surface area (Å²) in [5, 5.41) is 0.451. The van der Waals surface area contributed by atoms with Gasteiger partial charge < -0.3 is 16.1 Å². The van der Waals surface area contributed by atoms with Gasteiger partial charge in [-0.2, -0.15) is 0 Å². The second-order valence-electron chi connectivity index (χ2n) is 5.45. The van der Waals surface area contributed by atoms with Crippen molar-refractivity contribution < 1.29 is 13.4 Å². The Bertz CT molecular complexity index is 716. The highest BCUT2D eigenvalue weighted by molar-refractivity contribution is 6.71. The zero-order valence-corrected chi connectivity index (χ0v) is 13.8. The molecular formula is C15H15BCl2F2N2O. The maximum absolute atomic E-state index is 14.3. The second-order valence-corrected chi connectivity index (χ2v) is 6.32. The number of halogens is 4. The van der Waals surface area contributed by atoms with Gasteiger partial charge in [0.2, 0.25) is 0 Å². The summed E-state index contributed by atoms with van der Waals surface area (Å²) in [6.45, 7) is 0.578. The number of rotatable bonds is 5. The summed E-state index contributed by atoms with van der Waals surface area (Å²) in [5.41, 5.74) is 10.8. The van der Waals surface area contributed by atoms with Gasteiger partial charge in [0.1, 0.15) is 11.6 Å². The van der Waals surface area contributed by atoms with E-state index in [0.29, 0.717) is 0 Å². The number of nitrogens with two attached hydrogens (primary N) is 2. The van der Waals surface area contributed by atoms with Crippen LogP contribution in [-0.4, -0.2) is 18.9 Å². The highest BCUT2D eigenvalue weighted by atomic mass is 35.5. The predicted molar refractivity (Wildman–Crippen MR) is 90.5 cm³/mol. The minimum absolute atomic E-state index is 0.00502. The number of hydrogen-bond acceptors (Lipinski definition) is 3. The van der Waals surface area contributed by atoms with E-state index in [0.717, 1.165) is 12.1 Å². The minimum atomic E-state index is -1.14. The molecule has 0 heterocycles. The molecule has 0 aliphatic heterocycles. The third-order valence-electron chi connectivity index (χ3n) is 3.42. The first-order valence-electron chi connectivity index (χ1n) is 6.80. The predicted octanol–water partition coefficient (Wildman–Crippen LogP) is 2.76. The van der Waals surface area contributed by atoms with Crippen LogP contribution < -0.4 is 21.6 Å². The highest BCUT2D eigenvalue weighted by Crippen LogP contribution is 2.23. The third-order valence-corrected chi connectivity index (χ3v) is 3.89. The molecule has 0 aromatic heterocycles. The molecule has 2 aromatic carbocycles. The molecule has 23 heavy (non-hydrogen) atoms. The summed E-state index contributed by atoms with van der Waals surface area (Å²) in [7, 11) is 0. The zero-order chi connectivity index (χ0) is 17.2. The van der Waals surface area contributed by atoms with Gasteiger partial charge in [-0.15, -0.1) is 0 Å². The van der Waals surface area contributed by atoms with E-state index in [4.69, 9.17) is 39.3 Å². The van der Waals surface area contributed by atoms with Crippen molar-refractivity contribution in [3.63, 3.8) is 0 Å². The molecule has 0 spiro atoms. The Morgan fingerprint density at radius 1 is 1.09 bits per heavy atom. The van der Waals surface area contributed by atoms with Gasteiger partial charge in [-0.1, -0.05) is 29.3 Å². The van der Waals surface area contributed by atoms with E-state index in [1.54, 1.807) is 6.92 Å². The molecule has 2 aromatic rings. The summed E-state index contributed by atoms with van der Waals surface area (Å²) in [4.78, 5) is 0. The maximum Gasteiger partial charge on any atom is 0.416 e. The van der Waals surface area contributed by atoms with Gasteiger partial charge in [0.25, 0.3) is 0 Å². The quantitative estimate of drug-likeness (QED) is 0.808. The average molecular weight is 359 g/mol. The first-order valence-corrected chi connectivity index (χ1v) is 7.56. The van der Waals surface area contributed by atoms with Crippen LogP contribution in [0.3, 0.4) is 0 Å². The molecule has 8 heteroatoms. The van der Waals surface area contributed by atoms with E-state index < -0.39 is 24.0 Å². The van der Waals surface area contributed by atoms with Crippen LogP contribution in [0.1, 0.15) is 6.92 Å². The normalized spacial score (nSPS) is 13.5. The molecule has 0 bridgehead atoms. The summed E-state index contributed by atoms with van der Waals surface area (Å²) < 4.78 is 33.9. The van der Waals surface area contributed by atoms with Crippen molar-refractivity contribution in [2.45, 2.75) is 12.4 Å². The van der Waals surface area contributed by atoms with E-state index in [1.807, 2.05) is 0 Å². The molecule has 4 N–H and O–H groups in total. The molecule has 0 fully saturated rings. The lowest BCUT2D eigenvalue weighted by atomic mass is 9.46. The molecule has 3 nitrogen and oxygen atoms in total. The fourth-order valence-electron chi connectivity index (χ4n) is 2.07. The fraction of sp³-hybridized carbons (Fsp3) is 0.200. The molecule has 0 radical (unpaired) electrons. The smallest absolute Gasteiger partial charge is 0.416 e. The van der Waals surface area contributed by atoms with E-state index in [-0.39, 0.29) is 27.8 Å². The minimum Gasteiger partial charge on any atom is -0.552 e. The van der Waals surface area contributed by atoms with Crippen LogP contribution in [0.4, 0.5) is 8.78 Å². The zero-order valence-electron chi connectivity index (χ0n) is 12.3. The molecular weight excluding hydrogens is 344 g/mol. The van der Waals surface area contributed by atoms with Gasteiger partial charge in [0.15, 0.2) is 5.82 Å². The topological polar surface area (TPSA) is 61.3 Å². The van der Waals surface area contributed by atoms with Gasteiger partial charge in [0.05, 0.1) is 0 Å². The van der Waals surface area contributed by atoms with Gasteiger partial charge in [-0.05, 0) is 37.3 Å². The first kappa shape index (κ1) is 18.0. The average Bonchev–Trinajstić information content (AvgIpc) is 2.47. The third kappa shape index (κ3) is 4.15. The maximum atomic E-state index is 14.3. The SMILES string of the molecule is CC(N)(CN)B(Oc1ccc(Cl)cc1F)c1ccc(Cl)cc1F. The van der Waals surface area contributed by atoms with Crippen LogP contribution in [0.5, 0.6) is 5.75 Å². The fourth-order valence-corrected chi connectivity index (χ4v) is 2.39. The van der Waals surface area contributed by atoms with Gasteiger partial charge in [0, 0.05) is 27.5 Å². The van der Waals surface area contributed by atoms with Crippen LogP contribution in [0.25, 0.3) is 0 Å². The van der Waals surface area contributed by atoms with Crippen LogP contribution >= 0.6 is 23.2 Å². The van der Waals surface area contributed by atoms with Gasteiger partial charge in [-0.25, -0.2) is 8.78 Å². The second kappa shape index (κ2) is 7.05. The molecule has 0 aliphatic carbocycles. The number of hydrogen-bond donors (Lipinski definition) is 2. The largest absolute Gasteiger partial charge is 0.552 e. The lowest BCUT2D eigenvalue weighted by Gasteiger charge is -2.30. The van der Waals surface area contributed by atoms with E-state index in [2.05, 4.69) is 0 Å². The van der Waals surface area contributed by atoms with Crippen molar-refractivity contribution in [1.29, 1.82) is 0 Å². The molecule has 1 atom stereocenters. The Morgan fingerprint density at radius 2 is 1.65 bits per heavy atom. The van der Waals surface area contributed by atoms with Crippen LogP contribution in [-0.2, 0) is 0 Å². The lowest BCUT2D eigenvalue weighted by molar-refractivity contribution is 0.470. The van der Waals surface area contributed by atoms with Gasteiger partial charge >= 0.3 is 6.92 Å². The van der Waals surface area contributed by atoms with Crippen molar-refractivity contribution in [3.05, 3.63) is 58.1 Å². The van der Waals surface area contributed by atoms with Crippen molar-refractivity contribution in [2.24, 2.45) is 11.5 Å². The number of benzene rings is 2. The van der Waals surface area contributed by atoms with Crippen molar-refractivity contribution in [3.8, 4) is 5.75 Å². The standard InChI is InChI=1S/C15H15BCl2F2N2O/c1-15(22,8-21)16(11-4-2-9(17)6-12(11)19)23-14-5-3-10(18)7-13(14)20/h2-7H,8,21-22H2,1H3. The Morgan fingerprint density at radius 3 is 2.17 bits per heavy atom. The van der Waals surface area contributed by atoms with Crippen LogP contribution in [0, 0.1) is 11.6 Å². The van der Waals surface area contributed by atoms with E-state index in [9.17, 15) is 8.78 Å². The summed E-state index contributed by atoms with van der Waals surface area (Å²) in [6, 6.07) is 8.00. The van der Waals surface area contributed by atoms with E-state index >= 15 is 0 Å². The molecule has 0 aliphatic rings. The Kier molecular flexibility index (Phi) is 5.52. The lowest BCUT2D eigenvalue weighted by Crippen LogP contribution is -2.65. The molecule has 0 saturated heterocycles. The first-order chi connectivity index (χ1) is 10.7. The monoisotopic (exact) mass is 358 g/mol. The van der Waals surface area contributed by atoms with Crippen molar-refractivity contribution >= 4 is 35.6 Å². The summed E-state index contributed by atoms with van der Waals surface area (Å²) >= 11 is 11.5. The van der Waals surface area contributed by atoms with Crippen LogP contribution in [0.2, 0.25) is 10.0 Å². The van der Waals surface area contributed by atoms with Gasteiger partial charge in [-0.3, -0.25) is 0 Å². The Balaban J connectivity index is 2.46. The Hall–Kier alpha value is -1.34. The molecule has 0 saturated carbocycles. The molecule has 2 rings (SSSR count). The Labute approximate surface area is 143 Å². The summed E-state index contributed by atoms with van der Waals surface area (Å²) in [5.74, 6) is -1.38. The van der Waals surface area contributed by atoms with Crippen LogP contribution in [0.15, 0.2) is 36.4 Å². The molecule has 122 valence electrons. The van der Waals surface area contributed by atoms with Crippen molar-refractivity contribution in [2.75, 3.05) is 6.54 Å². The van der Waals surface area contributed by atoms with Crippen molar-refractivity contribution in [1.82, 2.24) is 0 Å². The molecule has 1 unspecified atom stereocenters. The molecule has 0 amide bonds. The highest BCUT2D eigenvalue weighted by Gasteiger charge is 2.41.